The molecule has 0 saturated heterocycles. The van der Waals surface area contributed by atoms with Crippen LogP contribution < -0.4 is 10.1 Å². The maximum absolute atomic E-state index is 13.5. The van der Waals surface area contributed by atoms with Gasteiger partial charge in [-0.1, -0.05) is 6.92 Å². The van der Waals surface area contributed by atoms with E-state index in [-0.39, 0.29) is 12.4 Å². The Morgan fingerprint density at radius 2 is 2.10 bits per heavy atom. The monoisotopic (exact) mass is 287 g/mol. The van der Waals surface area contributed by atoms with Crippen LogP contribution in [-0.2, 0) is 9.53 Å². The number of nitrogens with one attached hydrogen (secondary N) is 1. The molecule has 1 unspecified atom stereocenters. The van der Waals surface area contributed by atoms with Crippen LogP contribution >= 0.6 is 0 Å². The fraction of sp³-hybridized carbons (Fsp3) is 0.500. The molecule has 0 radical (unpaired) electrons. The zero-order chi connectivity index (χ0) is 15.2. The van der Waals surface area contributed by atoms with E-state index in [0.717, 1.165) is 18.6 Å². The third kappa shape index (κ3) is 4.16. The standard InChI is InChI=1S/C14H19F2NO3/c1-4-7-17-14(2,13(18)19-3)9-20-12-6-5-10(15)8-11(12)16/h5-6,8,17H,4,7,9H2,1-3H3. The molecule has 6 heteroatoms. The number of hydrogen-bond acceptors (Lipinski definition) is 4. The van der Waals surface area contributed by atoms with E-state index < -0.39 is 23.1 Å². The number of hydrogen-bond donors (Lipinski definition) is 1. The van der Waals surface area contributed by atoms with Gasteiger partial charge in [0.2, 0.25) is 0 Å². The first-order valence-electron chi connectivity index (χ1n) is 6.34. The fourth-order valence-corrected chi connectivity index (χ4v) is 1.62. The molecule has 1 N–H and O–H groups in total. The minimum absolute atomic E-state index is 0.111. The Bertz CT molecular complexity index is 468. The van der Waals surface area contributed by atoms with Crippen molar-refractivity contribution in [3.63, 3.8) is 0 Å². The maximum Gasteiger partial charge on any atom is 0.329 e. The topological polar surface area (TPSA) is 47.6 Å². The molecule has 0 aliphatic heterocycles. The molecule has 20 heavy (non-hydrogen) atoms. The van der Waals surface area contributed by atoms with E-state index in [1.54, 1.807) is 6.92 Å². The lowest BCUT2D eigenvalue weighted by atomic mass is 10.0. The van der Waals surface area contributed by atoms with E-state index in [0.29, 0.717) is 6.54 Å². The molecule has 0 amide bonds. The highest BCUT2D eigenvalue weighted by atomic mass is 19.1. The summed E-state index contributed by atoms with van der Waals surface area (Å²) in [5.41, 5.74) is -1.09. The summed E-state index contributed by atoms with van der Waals surface area (Å²) in [6.45, 7) is 4.02. The summed E-state index contributed by atoms with van der Waals surface area (Å²) in [7, 11) is 1.27. The van der Waals surface area contributed by atoms with E-state index in [9.17, 15) is 13.6 Å². The molecule has 4 nitrogen and oxygen atoms in total. The van der Waals surface area contributed by atoms with Crippen molar-refractivity contribution in [3.05, 3.63) is 29.8 Å². The number of methoxy groups -OCH3 is 1. The molecule has 0 aliphatic rings. The van der Waals surface area contributed by atoms with E-state index in [1.807, 2.05) is 6.92 Å². The molecule has 112 valence electrons. The molecule has 1 atom stereocenters. The van der Waals surface area contributed by atoms with Crippen LogP contribution in [0.2, 0.25) is 0 Å². The second-order valence-corrected chi connectivity index (χ2v) is 4.61. The Labute approximate surface area is 117 Å². The fourth-order valence-electron chi connectivity index (χ4n) is 1.62. The first-order chi connectivity index (χ1) is 9.42. The van der Waals surface area contributed by atoms with Crippen molar-refractivity contribution in [3.8, 4) is 5.75 Å². The van der Waals surface area contributed by atoms with Gasteiger partial charge in [0, 0.05) is 6.07 Å². The van der Waals surface area contributed by atoms with E-state index in [2.05, 4.69) is 5.32 Å². The van der Waals surface area contributed by atoms with E-state index in [4.69, 9.17) is 9.47 Å². The van der Waals surface area contributed by atoms with Crippen LogP contribution in [0, 0.1) is 11.6 Å². The van der Waals surface area contributed by atoms with Crippen LogP contribution in [0.5, 0.6) is 5.75 Å². The summed E-state index contributed by atoms with van der Waals surface area (Å²) in [6.07, 6.45) is 0.817. The van der Waals surface area contributed by atoms with Gasteiger partial charge in [-0.05, 0) is 32.0 Å². The highest BCUT2D eigenvalue weighted by molar-refractivity contribution is 5.80. The van der Waals surface area contributed by atoms with Crippen LogP contribution in [0.25, 0.3) is 0 Å². The van der Waals surface area contributed by atoms with E-state index >= 15 is 0 Å². The van der Waals surface area contributed by atoms with Crippen molar-refractivity contribution in [2.24, 2.45) is 0 Å². The zero-order valence-corrected chi connectivity index (χ0v) is 11.8. The van der Waals surface area contributed by atoms with Crippen LogP contribution in [0.1, 0.15) is 20.3 Å². The van der Waals surface area contributed by atoms with Crippen molar-refractivity contribution >= 4 is 5.97 Å². The number of rotatable bonds is 7. The predicted molar refractivity (Wildman–Crippen MR) is 70.6 cm³/mol. The summed E-state index contributed by atoms with van der Waals surface area (Å²) in [5, 5.41) is 3.00. The second-order valence-electron chi connectivity index (χ2n) is 4.61. The summed E-state index contributed by atoms with van der Waals surface area (Å²) in [4.78, 5) is 11.8. The molecule has 1 aromatic rings. The molecule has 1 aromatic carbocycles. The Morgan fingerprint density at radius 1 is 1.40 bits per heavy atom. The number of benzene rings is 1. The van der Waals surface area contributed by atoms with Crippen LogP contribution in [-0.4, -0.2) is 31.8 Å². The van der Waals surface area contributed by atoms with Gasteiger partial charge >= 0.3 is 5.97 Å². The lowest BCUT2D eigenvalue weighted by Gasteiger charge is -2.27. The largest absolute Gasteiger partial charge is 0.488 e. The van der Waals surface area contributed by atoms with Crippen LogP contribution in [0.3, 0.4) is 0 Å². The van der Waals surface area contributed by atoms with Crippen LogP contribution in [0.15, 0.2) is 18.2 Å². The number of ether oxygens (including phenoxy) is 2. The highest BCUT2D eigenvalue weighted by Gasteiger charge is 2.35. The highest BCUT2D eigenvalue weighted by Crippen LogP contribution is 2.19. The van der Waals surface area contributed by atoms with Crippen molar-refractivity contribution in [1.82, 2.24) is 5.32 Å². The van der Waals surface area contributed by atoms with Gasteiger partial charge in [-0.2, -0.15) is 0 Å². The minimum Gasteiger partial charge on any atom is -0.488 e. The summed E-state index contributed by atoms with van der Waals surface area (Å²) in [6, 6.07) is 3.00. The van der Waals surface area contributed by atoms with Gasteiger partial charge in [0.25, 0.3) is 0 Å². The maximum atomic E-state index is 13.5. The molecule has 0 aromatic heterocycles. The minimum atomic E-state index is -1.09. The Balaban J connectivity index is 2.77. The summed E-state index contributed by atoms with van der Waals surface area (Å²) >= 11 is 0. The van der Waals surface area contributed by atoms with Gasteiger partial charge in [-0.3, -0.25) is 5.32 Å². The normalized spacial score (nSPS) is 13.7. The molecule has 0 heterocycles. The second kappa shape index (κ2) is 7.19. The van der Waals surface area contributed by atoms with Gasteiger partial charge in [-0.15, -0.1) is 0 Å². The number of esters is 1. The third-order valence-electron chi connectivity index (χ3n) is 2.81. The SMILES string of the molecule is CCCNC(C)(COc1ccc(F)cc1F)C(=O)OC. The smallest absolute Gasteiger partial charge is 0.329 e. The Hall–Kier alpha value is -1.69. The first-order valence-corrected chi connectivity index (χ1v) is 6.34. The molecule has 0 bridgehead atoms. The van der Waals surface area contributed by atoms with Gasteiger partial charge < -0.3 is 9.47 Å². The first kappa shape index (κ1) is 16.4. The Morgan fingerprint density at radius 3 is 2.65 bits per heavy atom. The van der Waals surface area contributed by atoms with E-state index in [1.165, 1.54) is 13.2 Å². The molecule has 0 spiro atoms. The van der Waals surface area contributed by atoms with Gasteiger partial charge in [0.05, 0.1) is 7.11 Å². The molecule has 0 fully saturated rings. The summed E-state index contributed by atoms with van der Waals surface area (Å²) in [5.74, 6) is -2.12. The molecule has 0 aliphatic carbocycles. The third-order valence-corrected chi connectivity index (χ3v) is 2.81. The van der Waals surface area contributed by atoms with Crippen molar-refractivity contribution < 1.29 is 23.0 Å². The van der Waals surface area contributed by atoms with Gasteiger partial charge in [0.1, 0.15) is 18.0 Å². The number of carbonyl (C=O) groups is 1. The lowest BCUT2D eigenvalue weighted by Crippen LogP contribution is -2.54. The molecule has 0 saturated carbocycles. The predicted octanol–water partition coefficient (Wildman–Crippen LogP) is 2.27. The van der Waals surface area contributed by atoms with Crippen molar-refractivity contribution in [2.45, 2.75) is 25.8 Å². The van der Waals surface area contributed by atoms with Crippen molar-refractivity contribution in [1.29, 1.82) is 0 Å². The number of halogens is 2. The quantitative estimate of drug-likeness (QED) is 0.782. The zero-order valence-electron chi connectivity index (χ0n) is 11.8. The average molecular weight is 287 g/mol. The van der Waals surface area contributed by atoms with Gasteiger partial charge in [-0.25, -0.2) is 13.6 Å². The van der Waals surface area contributed by atoms with Crippen LogP contribution in [0.4, 0.5) is 8.78 Å². The lowest BCUT2D eigenvalue weighted by molar-refractivity contribution is -0.149. The molecular weight excluding hydrogens is 268 g/mol. The summed E-state index contributed by atoms with van der Waals surface area (Å²) < 4.78 is 36.2. The number of carbonyl (C=O) groups excluding carboxylic acids is 1. The average Bonchev–Trinajstić information content (AvgIpc) is 2.43. The molecule has 1 rings (SSSR count). The Kier molecular flexibility index (Phi) is 5.88. The van der Waals surface area contributed by atoms with Gasteiger partial charge in [0.15, 0.2) is 11.6 Å². The van der Waals surface area contributed by atoms with Crippen molar-refractivity contribution in [2.75, 3.05) is 20.3 Å². The molecular formula is C14H19F2NO3.